The zero-order valence-electron chi connectivity index (χ0n) is 12.7. The third-order valence-electron chi connectivity index (χ3n) is 3.42. The van der Waals surface area contributed by atoms with Crippen LogP contribution in [0.4, 0.5) is 0 Å². The first kappa shape index (κ1) is 15.8. The summed E-state index contributed by atoms with van der Waals surface area (Å²) in [6, 6.07) is 9.12. The second kappa shape index (κ2) is 6.89. The summed E-state index contributed by atoms with van der Waals surface area (Å²) in [5.41, 5.74) is 2.49. The highest BCUT2D eigenvalue weighted by atomic mass is 16.4. The summed E-state index contributed by atoms with van der Waals surface area (Å²) in [6.45, 7) is 2.38. The molecule has 1 amide bonds. The quantitative estimate of drug-likeness (QED) is 0.886. The number of aromatic nitrogens is 2. The monoisotopic (exact) mass is 301 g/mol. The molecule has 0 fully saturated rings. The van der Waals surface area contributed by atoms with E-state index in [9.17, 15) is 9.59 Å². The van der Waals surface area contributed by atoms with Gasteiger partial charge in [-0.25, -0.2) is 4.68 Å². The lowest BCUT2D eigenvalue weighted by atomic mass is 10.1. The van der Waals surface area contributed by atoms with Crippen molar-refractivity contribution in [3.05, 3.63) is 47.8 Å². The van der Waals surface area contributed by atoms with Crippen LogP contribution in [-0.2, 0) is 4.79 Å². The standard InChI is InChI=1S/C16H19N3O3/c1-12-9-10-17-19(12)14-7-5-13(6-8-14)16(22)18(2)11-3-4-15(20)21/h5-10H,3-4,11H2,1-2H3,(H,20,21). The van der Waals surface area contributed by atoms with Gasteiger partial charge < -0.3 is 10.0 Å². The van der Waals surface area contributed by atoms with Crippen molar-refractivity contribution in [3.63, 3.8) is 0 Å². The molecule has 6 heteroatoms. The number of hydrogen-bond donors (Lipinski definition) is 1. The summed E-state index contributed by atoms with van der Waals surface area (Å²) in [6.07, 6.45) is 2.24. The SMILES string of the molecule is Cc1ccnn1-c1ccc(C(=O)N(C)CCCC(=O)O)cc1. The van der Waals surface area contributed by atoms with Crippen molar-refractivity contribution in [1.29, 1.82) is 0 Å². The molecule has 2 aromatic rings. The molecule has 1 N–H and O–H groups in total. The number of carbonyl (C=O) groups excluding carboxylic acids is 1. The zero-order chi connectivity index (χ0) is 16.1. The Morgan fingerprint density at radius 1 is 1.23 bits per heavy atom. The lowest BCUT2D eigenvalue weighted by Crippen LogP contribution is -2.28. The number of aliphatic carboxylic acids is 1. The van der Waals surface area contributed by atoms with E-state index in [0.717, 1.165) is 11.4 Å². The number of carbonyl (C=O) groups is 2. The van der Waals surface area contributed by atoms with Gasteiger partial charge >= 0.3 is 5.97 Å². The van der Waals surface area contributed by atoms with Gasteiger partial charge in [0.1, 0.15) is 0 Å². The van der Waals surface area contributed by atoms with Crippen molar-refractivity contribution in [3.8, 4) is 5.69 Å². The van der Waals surface area contributed by atoms with Crippen LogP contribution in [0.5, 0.6) is 0 Å². The number of rotatable bonds is 6. The van der Waals surface area contributed by atoms with Crippen LogP contribution in [0.15, 0.2) is 36.5 Å². The predicted molar refractivity (Wildman–Crippen MR) is 82.1 cm³/mol. The molecule has 0 unspecified atom stereocenters. The number of hydrogen-bond acceptors (Lipinski definition) is 3. The Bertz CT molecular complexity index is 662. The Kier molecular flexibility index (Phi) is 4.93. The van der Waals surface area contributed by atoms with Crippen LogP contribution in [0.25, 0.3) is 5.69 Å². The molecular formula is C16H19N3O3. The van der Waals surface area contributed by atoms with Gasteiger partial charge in [0, 0.05) is 37.5 Å². The molecule has 1 heterocycles. The van der Waals surface area contributed by atoms with Gasteiger partial charge in [0.15, 0.2) is 0 Å². The maximum absolute atomic E-state index is 12.2. The third-order valence-corrected chi connectivity index (χ3v) is 3.42. The first-order chi connectivity index (χ1) is 10.5. The van der Waals surface area contributed by atoms with Gasteiger partial charge in [-0.1, -0.05) is 0 Å². The number of carboxylic acid groups (broad SMARTS) is 1. The zero-order valence-corrected chi connectivity index (χ0v) is 12.7. The first-order valence-electron chi connectivity index (χ1n) is 7.07. The van der Waals surface area contributed by atoms with Crippen molar-refractivity contribution in [2.45, 2.75) is 19.8 Å². The highest BCUT2D eigenvalue weighted by Gasteiger charge is 2.12. The van der Waals surface area contributed by atoms with Crippen LogP contribution in [0.3, 0.4) is 0 Å². The number of amides is 1. The van der Waals surface area contributed by atoms with E-state index in [4.69, 9.17) is 5.11 Å². The summed E-state index contributed by atoms with van der Waals surface area (Å²) in [5.74, 6) is -0.964. The molecule has 2 rings (SSSR count). The van der Waals surface area contributed by atoms with Crippen LogP contribution in [0.2, 0.25) is 0 Å². The van der Waals surface area contributed by atoms with E-state index in [0.29, 0.717) is 18.5 Å². The predicted octanol–water partition coefficient (Wildman–Crippen LogP) is 2.12. The van der Waals surface area contributed by atoms with Crippen molar-refractivity contribution in [2.24, 2.45) is 0 Å². The van der Waals surface area contributed by atoms with E-state index in [-0.39, 0.29) is 12.3 Å². The lowest BCUT2D eigenvalue weighted by Gasteiger charge is -2.17. The van der Waals surface area contributed by atoms with E-state index in [1.54, 1.807) is 30.1 Å². The smallest absolute Gasteiger partial charge is 0.303 e. The largest absolute Gasteiger partial charge is 0.481 e. The van der Waals surface area contributed by atoms with Crippen LogP contribution in [-0.4, -0.2) is 45.3 Å². The number of benzene rings is 1. The minimum atomic E-state index is -0.847. The van der Waals surface area contributed by atoms with E-state index in [1.807, 2.05) is 25.1 Å². The van der Waals surface area contributed by atoms with Crippen LogP contribution < -0.4 is 0 Å². The molecule has 0 saturated heterocycles. The Morgan fingerprint density at radius 3 is 2.45 bits per heavy atom. The maximum atomic E-state index is 12.2. The summed E-state index contributed by atoms with van der Waals surface area (Å²) in [7, 11) is 1.68. The fraction of sp³-hybridized carbons (Fsp3) is 0.312. The van der Waals surface area contributed by atoms with Gasteiger partial charge in [-0.3, -0.25) is 9.59 Å². The molecule has 0 bridgehead atoms. The van der Waals surface area contributed by atoms with Gasteiger partial charge in [-0.05, 0) is 43.7 Å². The van der Waals surface area contributed by atoms with E-state index >= 15 is 0 Å². The fourth-order valence-electron chi connectivity index (χ4n) is 2.17. The third kappa shape index (κ3) is 3.72. The second-order valence-electron chi connectivity index (χ2n) is 5.16. The molecule has 0 aliphatic carbocycles. The van der Waals surface area contributed by atoms with Crippen molar-refractivity contribution < 1.29 is 14.7 Å². The number of aryl methyl sites for hydroxylation is 1. The van der Waals surface area contributed by atoms with Crippen LogP contribution in [0.1, 0.15) is 28.9 Å². The normalized spacial score (nSPS) is 10.5. The second-order valence-corrected chi connectivity index (χ2v) is 5.16. The molecule has 0 aliphatic rings. The average molecular weight is 301 g/mol. The molecule has 6 nitrogen and oxygen atoms in total. The van der Waals surface area contributed by atoms with Crippen molar-refractivity contribution in [2.75, 3.05) is 13.6 Å². The van der Waals surface area contributed by atoms with Gasteiger partial charge in [0.25, 0.3) is 5.91 Å². The lowest BCUT2D eigenvalue weighted by molar-refractivity contribution is -0.137. The molecule has 0 spiro atoms. The average Bonchev–Trinajstić information content (AvgIpc) is 2.92. The number of nitrogens with zero attached hydrogens (tertiary/aromatic N) is 3. The Labute approximate surface area is 129 Å². The van der Waals surface area contributed by atoms with Crippen molar-refractivity contribution in [1.82, 2.24) is 14.7 Å². The molecule has 22 heavy (non-hydrogen) atoms. The Balaban J connectivity index is 2.02. The molecule has 0 aliphatic heterocycles. The van der Waals surface area contributed by atoms with E-state index in [1.165, 1.54) is 4.90 Å². The fourth-order valence-corrected chi connectivity index (χ4v) is 2.17. The summed E-state index contributed by atoms with van der Waals surface area (Å²) < 4.78 is 1.80. The van der Waals surface area contributed by atoms with E-state index in [2.05, 4.69) is 5.10 Å². The Morgan fingerprint density at radius 2 is 1.91 bits per heavy atom. The van der Waals surface area contributed by atoms with Gasteiger partial charge in [0.05, 0.1) is 5.69 Å². The van der Waals surface area contributed by atoms with E-state index < -0.39 is 5.97 Å². The molecule has 0 saturated carbocycles. The minimum Gasteiger partial charge on any atom is -0.481 e. The number of carboxylic acids is 1. The first-order valence-corrected chi connectivity index (χ1v) is 7.07. The van der Waals surface area contributed by atoms with Crippen LogP contribution in [0, 0.1) is 6.92 Å². The minimum absolute atomic E-state index is 0.0646. The van der Waals surface area contributed by atoms with Crippen molar-refractivity contribution >= 4 is 11.9 Å². The summed E-state index contributed by atoms with van der Waals surface area (Å²) in [4.78, 5) is 24.3. The molecular weight excluding hydrogens is 282 g/mol. The summed E-state index contributed by atoms with van der Waals surface area (Å²) >= 11 is 0. The topological polar surface area (TPSA) is 75.4 Å². The van der Waals surface area contributed by atoms with Gasteiger partial charge in [-0.15, -0.1) is 0 Å². The van der Waals surface area contributed by atoms with Crippen LogP contribution >= 0.6 is 0 Å². The molecule has 1 aromatic carbocycles. The Hall–Kier alpha value is -2.63. The highest BCUT2D eigenvalue weighted by molar-refractivity contribution is 5.94. The molecule has 0 radical (unpaired) electrons. The maximum Gasteiger partial charge on any atom is 0.303 e. The molecule has 116 valence electrons. The summed E-state index contributed by atoms with van der Waals surface area (Å²) in [5, 5.41) is 12.8. The van der Waals surface area contributed by atoms with Gasteiger partial charge in [-0.2, -0.15) is 5.10 Å². The highest BCUT2D eigenvalue weighted by Crippen LogP contribution is 2.12. The molecule has 1 aromatic heterocycles. The van der Waals surface area contributed by atoms with Gasteiger partial charge in [0.2, 0.25) is 0 Å². The molecule has 0 atom stereocenters.